The van der Waals surface area contributed by atoms with Crippen LogP contribution in [-0.2, 0) is 0 Å². The van der Waals surface area contributed by atoms with Gasteiger partial charge in [-0.05, 0) is 26.1 Å². The number of fused-ring (bicyclic) bond motifs is 1. The van der Waals surface area contributed by atoms with E-state index in [-0.39, 0.29) is 12.4 Å². The second-order valence-electron chi connectivity index (χ2n) is 6.55. The molecule has 0 saturated carbocycles. The van der Waals surface area contributed by atoms with Gasteiger partial charge in [-0.15, -0.1) is 12.4 Å². The van der Waals surface area contributed by atoms with Gasteiger partial charge < -0.3 is 14.5 Å². The molecule has 0 unspecified atom stereocenters. The van der Waals surface area contributed by atoms with Gasteiger partial charge in [0.1, 0.15) is 11.6 Å². The second kappa shape index (κ2) is 7.51. The van der Waals surface area contributed by atoms with Crippen LogP contribution in [0.1, 0.15) is 5.69 Å². The standard InChI is InChI=1S/C19H23N5O.ClH/c1-14-12-19(23-10-8-22(2)9-11-23)24-18(20-14)13-16(21-24)15-6-4-5-7-17(15)25-3;/h4-7,12-13H,8-11H2,1-3H3;1H. The highest BCUT2D eigenvalue weighted by Crippen LogP contribution is 2.30. The Morgan fingerprint density at radius 3 is 2.50 bits per heavy atom. The van der Waals surface area contributed by atoms with E-state index in [9.17, 15) is 0 Å². The molecule has 0 aliphatic carbocycles. The molecular weight excluding hydrogens is 350 g/mol. The van der Waals surface area contributed by atoms with Crippen LogP contribution < -0.4 is 9.64 Å². The molecule has 26 heavy (non-hydrogen) atoms. The number of piperazine rings is 1. The number of hydrogen-bond donors (Lipinski definition) is 0. The van der Waals surface area contributed by atoms with Crippen LogP contribution in [0, 0.1) is 6.92 Å². The molecule has 0 N–H and O–H groups in total. The van der Waals surface area contributed by atoms with Gasteiger partial charge in [-0.2, -0.15) is 9.61 Å². The summed E-state index contributed by atoms with van der Waals surface area (Å²) in [7, 11) is 3.85. The van der Waals surface area contributed by atoms with E-state index in [1.165, 1.54) is 0 Å². The number of para-hydroxylation sites is 1. The van der Waals surface area contributed by atoms with Crippen LogP contribution >= 0.6 is 12.4 Å². The maximum absolute atomic E-state index is 5.49. The molecule has 0 spiro atoms. The molecule has 1 aromatic carbocycles. The van der Waals surface area contributed by atoms with Crippen molar-refractivity contribution in [3.63, 3.8) is 0 Å². The van der Waals surface area contributed by atoms with Gasteiger partial charge in [0.15, 0.2) is 5.65 Å². The van der Waals surface area contributed by atoms with E-state index >= 15 is 0 Å². The summed E-state index contributed by atoms with van der Waals surface area (Å²) in [5.74, 6) is 1.93. The molecule has 0 amide bonds. The lowest BCUT2D eigenvalue weighted by atomic mass is 10.1. The highest BCUT2D eigenvalue weighted by Gasteiger charge is 2.19. The molecule has 1 saturated heterocycles. The molecule has 1 fully saturated rings. The number of benzene rings is 1. The number of aromatic nitrogens is 3. The number of hydrogen-bond acceptors (Lipinski definition) is 5. The Kier molecular flexibility index (Phi) is 5.34. The number of aryl methyl sites for hydroxylation is 1. The Hall–Kier alpha value is -2.31. The number of halogens is 1. The zero-order valence-corrected chi connectivity index (χ0v) is 16.2. The van der Waals surface area contributed by atoms with Crippen molar-refractivity contribution in [2.24, 2.45) is 0 Å². The smallest absolute Gasteiger partial charge is 0.158 e. The van der Waals surface area contributed by atoms with Crippen LogP contribution in [0.25, 0.3) is 16.9 Å². The fraction of sp³-hybridized carbons (Fsp3) is 0.368. The van der Waals surface area contributed by atoms with Gasteiger partial charge in [0.25, 0.3) is 0 Å². The van der Waals surface area contributed by atoms with Crippen LogP contribution in [0.2, 0.25) is 0 Å². The minimum Gasteiger partial charge on any atom is -0.496 e. The van der Waals surface area contributed by atoms with E-state index in [0.717, 1.165) is 60.3 Å². The van der Waals surface area contributed by atoms with Crippen molar-refractivity contribution < 1.29 is 4.74 Å². The number of nitrogens with zero attached hydrogens (tertiary/aromatic N) is 5. The number of methoxy groups -OCH3 is 1. The molecule has 0 bridgehead atoms. The summed E-state index contributed by atoms with van der Waals surface area (Å²) in [5.41, 5.74) is 3.74. The fourth-order valence-corrected chi connectivity index (χ4v) is 3.33. The van der Waals surface area contributed by atoms with Crippen molar-refractivity contribution in [2.75, 3.05) is 45.2 Å². The van der Waals surface area contributed by atoms with Crippen LogP contribution in [0.3, 0.4) is 0 Å². The molecule has 3 aromatic rings. The molecule has 2 aromatic heterocycles. The van der Waals surface area contributed by atoms with Crippen molar-refractivity contribution in [2.45, 2.75) is 6.92 Å². The number of anilines is 1. The molecule has 6 nitrogen and oxygen atoms in total. The molecular formula is C19H24ClN5O. The van der Waals surface area contributed by atoms with E-state index in [4.69, 9.17) is 9.84 Å². The lowest BCUT2D eigenvalue weighted by molar-refractivity contribution is 0.311. The highest BCUT2D eigenvalue weighted by atomic mass is 35.5. The quantitative estimate of drug-likeness (QED) is 0.706. The predicted octanol–water partition coefficient (Wildman–Crippen LogP) is 2.89. The summed E-state index contributed by atoms with van der Waals surface area (Å²) < 4.78 is 7.45. The van der Waals surface area contributed by atoms with Crippen LogP contribution in [0.5, 0.6) is 5.75 Å². The summed E-state index contributed by atoms with van der Waals surface area (Å²) in [6.07, 6.45) is 0. The van der Waals surface area contributed by atoms with Crippen molar-refractivity contribution in [1.29, 1.82) is 0 Å². The van der Waals surface area contributed by atoms with E-state index in [1.54, 1.807) is 7.11 Å². The van der Waals surface area contributed by atoms with E-state index < -0.39 is 0 Å². The van der Waals surface area contributed by atoms with Gasteiger partial charge in [-0.25, -0.2) is 4.98 Å². The van der Waals surface area contributed by atoms with Crippen molar-refractivity contribution in [3.05, 3.63) is 42.1 Å². The normalized spacial score (nSPS) is 15.1. The molecule has 1 aliphatic heterocycles. The monoisotopic (exact) mass is 373 g/mol. The topological polar surface area (TPSA) is 45.9 Å². The zero-order chi connectivity index (χ0) is 17.4. The van der Waals surface area contributed by atoms with E-state index in [2.05, 4.69) is 27.9 Å². The van der Waals surface area contributed by atoms with Gasteiger partial charge in [0.2, 0.25) is 0 Å². The van der Waals surface area contributed by atoms with Crippen LogP contribution in [0.4, 0.5) is 5.82 Å². The largest absolute Gasteiger partial charge is 0.496 e. The highest BCUT2D eigenvalue weighted by molar-refractivity contribution is 5.85. The Labute approximate surface area is 159 Å². The van der Waals surface area contributed by atoms with Crippen LogP contribution in [0.15, 0.2) is 36.4 Å². The van der Waals surface area contributed by atoms with Crippen LogP contribution in [-0.4, -0.2) is 59.8 Å². The van der Waals surface area contributed by atoms with E-state index in [1.807, 2.05) is 41.8 Å². The van der Waals surface area contributed by atoms with Gasteiger partial charge >= 0.3 is 0 Å². The maximum Gasteiger partial charge on any atom is 0.158 e. The van der Waals surface area contributed by atoms with Crippen molar-refractivity contribution >= 4 is 23.9 Å². The first-order valence-corrected chi connectivity index (χ1v) is 8.60. The van der Waals surface area contributed by atoms with Crippen molar-refractivity contribution in [3.8, 4) is 17.0 Å². The molecule has 4 rings (SSSR count). The molecule has 7 heteroatoms. The Balaban J connectivity index is 0.00000196. The van der Waals surface area contributed by atoms with Gasteiger partial charge in [-0.3, -0.25) is 0 Å². The molecule has 0 radical (unpaired) electrons. The number of rotatable bonds is 3. The first-order valence-electron chi connectivity index (χ1n) is 8.60. The Bertz CT molecular complexity index is 902. The molecule has 138 valence electrons. The Morgan fingerprint density at radius 1 is 1.04 bits per heavy atom. The summed E-state index contributed by atoms with van der Waals surface area (Å²) >= 11 is 0. The minimum absolute atomic E-state index is 0. The van der Waals surface area contributed by atoms with Gasteiger partial charge in [0.05, 0.1) is 12.8 Å². The minimum atomic E-state index is 0. The summed E-state index contributed by atoms with van der Waals surface area (Å²) in [6.45, 7) is 6.15. The predicted molar refractivity (Wildman–Crippen MR) is 107 cm³/mol. The number of ether oxygens (including phenoxy) is 1. The van der Waals surface area contributed by atoms with Gasteiger partial charge in [-0.1, -0.05) is 12.1 Å². The first-order chi connectivity index (χ1) is 12.2. The molecule has 0 atom stereocenters. The third-order valence-corrected chi connectivity index (χ3v) is 4.75. The SMILES string of the molecule is COc1ccccc1-c1cc2nc(C)cc(N3CCN(C)CC3)n2n1.Cl. The average Bonchev–Trinajstić information content (AvgIpc) is 3.05. The third kappa shape index (κ3) is 3.34. The third-order valence-electron chi connectivity index (χ3n) is 4.75. The van der Waals surface area contributed by atoms with E-state index in [0.29, 0.717) is 0 Å². The average molecular weight is 374 g/mol. The zero-order valence-electron chi connectivity index (χ0n) is 15.3. The van der Waals surface area contributed by atoms with Gasteiger partial charge in [0, 0.05) is 49.6 Å². The second-order valence-corrected chi connectivity index (χ2v) is 6.55. The lowest BCUT2D eigenvalue weighted by Gasteiger charge is -2.34. The Morgan fingerprint density at radius 2 is 1.77 bits per heavy atom. The number of likely N-dealkylation sites (N-methyl/N-ethyl adjacent to an activating group) is 1. The first kappa shape index (κ1) is 18.5. The maximum atomic E-state index is 5.49. The summed E-state index contributed by atoms with van der Waals surface area (Å²) in [6, 6.07) is 12.1. The summed E-state index contributed by atoms with van der Waals surface area (Å²) in [5, 5.41) is 4.85. The molecule has 1 aliphatic rings. The summed E-state index contributed by atoms with van der Waals surface area (Å²) in [4.78, 5) is 9.41. The lowest BCUT2D eigenvalue weighted by Crippen LogP contribution is -2.45. The molecule has 3 heterocycles. The van der Waals surface area contributed by atoms with Crippen molar-refractivity contribution in [1.82, 2.24) is 19.5 Å². The fourth-order valence-electron chi connectivity index (χ4n) is 3.33.